The fourth-order valence-corrected chi connectivity index (χ4v) is 2.95. The second-order valence-electron chi connectivity index (χ2n) is 3.37. The zero-order valence-corrected chi connectivity index (χ0v) is 11.1. The lowest BCUT2D eigenvalue weighted by atomic mass is 10.4. The van der Waals surface area contributed by atoms with Crippen LogP contribution in [0.3, 0.4) is 0 Å². The summed E-state index contributed by atoms with van der Waals surface area (Å²) in [7, 11) is 0. The van der Waals surface area contributed by atoms with Crippen LogP contribution in [0.5, 0.6) is 0 Å². The monoisotopic (exact) mass is 274 g/mol. The molecule has 2 aromatic rings. The molecule has 0 aromatic carbocycles. The molecule has 2 heterocycles. The highest BCUT2D eigenvalue weighted by molar-refractivity contribution is 7.99. The van der Waals surface area contributed by atoms with Gasteiger partial charge in [-0.3, -0.25) is 0 Å². The molecule has 0 aliphatic carbocycles. The summed E-state index contributed by atoms with van der Waals surface area (Å²) in [6, 6.07) is 1.93. The Hall–Kier alpha value is -0.360. The van der Waals surface area contributed by atoms with Gasteiger partial charge in [0.15, 0.2) is 0 Å². The Morgan fingerprint density at radius 1 is 1.56 bits per heavy atom. The van der Waals surface area contributed by atoms with Crippen molar-refractivity contribution in [2.24, 2.45) is 0 Å². The largest absolute Gasteiger partial charge is 0.395 e. The number of aliphatic hydroxyl groups excluding tert-OH is 1. The summed E-state index contributed by atoms with van der Waals surface area (Å²) < 4.78 is 0. The maximum atomic E-state index is 8.92. The Bertz CT molecular complexity index is 489. The average molecular weight is 275 g/mol. The first kappa shape index (κ1) is 12.1. The topological polar surface area (TPSA) is 46.0 Å². The number of rotatable bonds is 4. The van der Waals surface area contributed by atoms with Gasteiger partial charge in [0, 0.05) is 10.6 Å². The van der Waals surface area contributed by atoms with Gasteiger partial charge in [0.1, 0.15) is 15.8 Å². The molecule has 2 rings (SSSR count). The molecule has 0 spiro atoms. The first-order valence-electron chi connectivity index (χ1n) is 4.83. The Labute approximate surface area is 107 Å². The second-order valence-corrected chi connectivity index (χ2v) is 6.05. The van der Waals surface area contributed by atoms with E-state index in [0.29, 0.717) is 10.9 Å². The van der Waals surface area contributed by atoms with Gasteiger partial charge >= 0.3 is 0 Å². The maximum absolute atomic E-state index is 8.92. The fraction of sp³-hybridized carbons (Fsp3) is 0.400. The minimum Gasteiger partial charge on any atom is -0.395 e. The van der Waals surface area contributed by atoms with Crippen LogP contribution in [0.4, 0.5) is 0 Å². The number of hydrogen-bond acceptors (Lipinski definition) is 5. The molecule has 0 fully saturated rings. The third kappa shape index (κ3) is 2.66. The van der Waals surface area contributed by atoms with Crippen LogP contribution in [0.2, 0.25) is 5.15 Å². The van der Waals surface area contributed by atoms with Crippen molar-refractivity contribution in [3.05, 3.63) is 22.4 Å². The van der Waals surface area contributed by atoms with Gasteiger partial charge in [0.25, 0.3) is 0 Å². The predicted molar refractivity (Wildman–Crippen MR) is 70.3 cm³/mol. The van der Waals surface area contributed by atoms with Gasteiger partial charge in [-0.15, -0.1) is 23.1 Å². The van der Waals surface area contributed by atoms with Crippen LogP contribution in [0.15, 0.2) is 11.4 Å². The molecule has 3 nitrogen and oxygen atoms in total. The van der Waals surface area contributed by atoms with Crippen molar-refractivity contribution in [2.75, 3.05) is 6.61 Å². The van der Waals surface area contributed by atoms with Crippen LogP contribution in [-0.2, 0) is 5.75 Å². The van der Waals surface area contributed by atoms with Gasteiger partial charge in [-0.05, 0) is 11.4 Å². The summed E-state index contributed by atoms with van der Waals surface area (Å²) in [4.78, 5) is 9.58. The summed E-state index contributed by atoms with van der Waals surface area (Å²) in [5.41, 5.74) is 0. The van der Waals surface area contributed by atoms with Crippen LogP contribution in [0.25, 0.3) is 10.2 Å². The molecule has 86 valence electrons. The maximum Gasteiger partial charge on any atom is 0.141 e. The summed E-state index contributed by atoms with van der Waals surface area (Å²) >= 11 is 9.23. The summed E-state index contributed by atoms with van der Waals surface area (Å²) in [5, 5.41) is 12.5. The predicted octanol–water partition coefficient (Wildman–Crippen LogP) is 2.96. The van der Waals surface area contributed by atoms with E-state index >= 15 is 0 Å². The molecule has 0 aliphatic rings. The molecule has 0 radical (unpaired) electrons. The van der Waals surface area contributed by atoms with E-state index in [0.717, 1.165) is 16.0 Å². The second kappa shape index (κ2) is 5.31. The van der Waals surface area contributed by atoms with Crippen LogP contribution >= 0.6 is 34.7 Å². The molecule has 2 aromatic heterocycles. The van der Waals surface area contributed by atoms with Crippen molar-refractivity contribution in [3.8, 4) is 0 Å². The van der Waals surface area contributed by atoms with E-state index in [1.54, 1.807) is 23.1 Å². The molecule has 0 saturated heterocycles. The number of fused-ring (bicyclic) bond motifs is 1. The van der Waals surface area contributed by atoms with E-state index < -0.39 is 0 Å². The molecule has 1 N–H and O–H groups in total. The zero-order chi connectivity index (χ0) is 11.5. The highest BCUT2D eigenvalue weighted by Crippen LogP contribution is 2.26. The fourth-order valence-electron chi connectivity index (χ4n) is 1.19. The third-order valence-electron chi connectivity index (χ3n) is 2.08. The van der Waals surface area contributed by atoms with Crippen LogP contribution in [0, 0.1) is 0 Å². The van der Waals surface area contributed by atoms with E-state index in [4.69, 9.17) is 16.7 Å². The summed E-state index contributed by atoms with van der Waals surface area (Å²) in [6.45, 7) is 2.13. The number of halogens is 1. The first-order valence-corrected chi connectivity index (χ1v) is 7.13. The zero-order valence-electron chi connectivity index (χ0n) is 8.68. The van der Waals surface area contributed by atoms with Crippen molar-refractivity contribution in [3.63, 3.8) is 0 Å². The highest BCUT2D eigenvalue weighted by atomic mass is 35.5. The van der Waals surface area contributed by atoms with Crippen molar-refractivity contribution in [1.82, 2.24) is 9.97 Å². The molecule has 16 heavy (non-hydrogen) atoms. The Kier molecular flexibility index (Phi) is 4.02. The van der Waals surface area contributed by atoms with Crippen molar-refractivity contribution in [2.45, 2.75) is 17.9 Å². The van der Waals surface area contributed by atoms with Gasteiger partial charge in [0.05, 0.1) is 12.4 Å². The summed E-state index contributed by atoms with van der Waals surface area (Å²) in [6.07, 6.45) is 0. The smallest absolute Gasteiger partial charge is 0.141 e. The summed E-state index contributed by atoms with van der Waals surface area (Å²) in [5.74, 6) is 1.40. The lowest BCUT2D eigenvalue weighted by Gasteiger charge is -2.06. The van der Waals surface area contributed by atoms with E-state index in [9.17, 15) is 0 Å². The van der Waals surface area contributed by atoms with E-state index in [2.05, 4.69) is 9.97 Å². The number of hydrogen-bond donors (Lipinski definition) is 1. The van der Waals surface area contributed by atoms with Gasteiger partial charge in [0.2, 0.25) is 0 Å². The molecule has 6 heteroatoms. The van der Waals surface area contributed by atoms with Crippen molar-refractivity contribution < 1.29 is 5.11 Å². The minimum atomic E-state index is 0.166. The molecular weight excluding hydrogens is 264 g/mol. The molecule has 0 aliphatic heterocycles. The van der Waals surface area contributed by atoms with Crippen LogP contribution in [-0.4, -0.2) is 26.9 Å². The molecule has 1 unspecified atom stereocenters. The van der Waals surface area contributed by atoms with E-state index in [-0.39, 0.29) is 11.9 Å². The SMILES string of the molecule is CC(CO)SCc1nc(Cl)c2ccsc2n1. The quantitative estimate of drug-likeness (QED) is 0.871. The van der Waals surface area contributed by atoms with Gasteiger partial charge in [-0.25, -0.2) is 9.97 Å². The average Bonchev–Trinajstić information content (AvgIpc) is 2.74. The lowest BCUT2D eigenvalue weighted by Crippen LogP contribution is -2.03. The number of thiophene rings is 1. The van der Waals surface area contributed by atoms with E-state index in [1.807, 2.05) is 18.4 Å². The van der Waals surface area contributed by atoms with Crippen molar-refractivity contribution >= 4 is 44.9 Å². The number of nitrogens with zero attached hydrogens (tertiary/aromatic N) is 2. The Morgan fingerprint density at radius 2 is 2.38 bits per heavy atom. The molecule has 1 atom stereocenters. The Balaban J connectivity index is 2.18. The van der Waals surface area contributed by atoms with Crippen molar-refractivity contribution in [1.29, 1.82) is 0 Å². The third-order valence-corrected chi connectivity index (χ3v) is 4.32. The molecule has 0 bridgehead atoms. The van der Waals surface area contributed by atoms with Crippen LogP contribution < -0.4 is 0 Å². The molecular formula is C10H11ClN2OS2. The van der Waals surface area contributed by atoms with Gasteiger partial charge in [-0.1, -0.05) is 18.5 Å². The van der Waals surface area contributed by atoms with E-state index in [1.165, 1.54) is 0 Å². The standard InChI is InChI=1S/C10H11ClN2OS2/c1-6(4-14)16-5-8-12-9(11)7-2-3-15-10(7)13-8/h2-3,6,14H,4-5H2,1H3. The minimum absolute atomic E-state index is 0.166. The number of aliphatic hydroxyl groups is 1. The van der Waals surface area contributed by atoms with Crippen LogP contribution in [0.1, 0.15) is 12.7 Å². The van der Waals surface area contributed by atoms with Gasteiger partial charge < -0.3 is 5.11 Å². The molecule has 0 amide bonds. The normalized spacial score (nSPS) is 13.2. The lowest BCUT2D eigenvalue weighted by molar-refractivity contribution is 0.300. The highest BCUT2D eigenvalue weighted by Gasteiger charge is 2.08. The van der Waals surface area contributed by atoms with Gasteiger partial charge in [-0.2, -0.15) is 0 Å². The Morgan fingerprint density at radius 3 is 3.12 bits per heavy atom. The number of thioether (sulfide) groups is 1. The molecule has 0 saturated carbocycles. The number of aromatic nitrogens is 2. The first-order chi connectivity index (χ1) is 7.70.